The average molecular weight is 247 g/mol. The predicted octanol–water partition coefficient (Wildman–Crippen LogP) is 2.30. The number of carbonyl (C=O) groups is 2. The minimum atomic E-state index is -0.896. The molecule has 0 heterocycles. The molecule has 0 spiro atoms. The SMILES string of the molecule is CC(C(=O)Nc1ccccc1CC(=O)O)C1CC1. The monoisotopic (exact) mass is 247 g/mol. The molecule has 1 aliphatic rings. The quantitative estimate of drug-likeness (QED) is 0.839. The molecule has 4 heteroatoms. The lowest BCUT2D eigenvalue weighted by molar-refractivity contribution is -0.136. The van der Waals surface area contributed by atoms with Crippen LogP contribution in [-0.4, -0.2) is 17.0 Å². The fraction of sp³-hybridized carbons (Fsp3) is 0.429. The fourth-order valence-corrected chi connectivity index (χ4v) is 2.02. The van der Waals surface area contributed by atoms with Crippen LogP contribution in [0.5, 0.6) is 0 Å². The molecule has 1 aliphatic carbocycles. The number of nitrogens with one attached hydrogen (secondary N) is 1. The molecule has 0 bridgehead atoms. The van der Waals surface area contributed by atoms with Crippen molar-refractivity contribution < 1.29 is 14.7 Å². The number of hydrogen-bond donors (Lipinski definition) is 2. The van der Waals surface area contributed by atoms with Gasteiger partial charge in [0, 0.05) is 11.6 Å². The van der Waals surface area contributed by atoms with Crippen molar-refractivity contribution in [3.63, 3.8) is 0 Å². The topological polar surface area (TPSA) is 66.4 Å². The lowest BCUT2D eigenvalue weighted by Gasteiger charge is -2.13. The normalized spacial score (nSPS) is 16.1. The second kappa shape index (κ2) is 5.21. The summed E-state index contributed by atoms with van der Waals surface area (Å²) in [7, 11) is 0. The predicted molar refractivity (Wildman–Crippen MR) is 68.3 cm³/mol. The molecule has 1 saturated carbocycles. The molecule has 1 atom stereocenters. The molecule has 0 aromatic heterocycles. The van der Waals surface area contributed by atoms with E-state index in [2.05, 4.69) is 5.32 Å². The van der Waals surface area contributed by atoms with Gasteiger partial charge in [0.1, 0.15) is 0 Å². The lowest BCUT2D eigenvalue weighted by Crippen LogP contribution is -2.22. The summed E-state index contributed by atoms with van der Waals surface area (Å²) < 4.78 is 0. The molecule has 4 nitrogen and oxygen atoms in total. The Bertz CT molecular complexity index is 466. The van der Waals surface area contributed by atoms with Crippen molar-refractivity contribution in [2.75, 3.05) is 5.32 Å². The smallest absolute Gasteiger partial charge is 0.307 e. The van der Waals surface area contributed by atoms with E-state index in [-0.39, 0.29) is 18.2 Å². The number of benzene rings is 1. The van der Waals surface area contributed by atoms with Gasteiger partial charge in [0.25, 0.3) is 0 Å². The molecular weight excluding hydrogens is 230 g/mol. The molecule has 0 saturated heterocycles. The van der Waals surface area contributed by atoms with E-state index >= 15 is 0 Å². The Balaban J connectivity index is 2.07. The van der Waals surface area contributed by atoms with Crippen LogP contribution in [0.25, 0.3) is 0 Å². The first-order valence-corrected chi connectivity index (χ1v) is 6.18. The minimum Gasteiger partial charge on any atom is -0.481 e. The molecule has 1 unspecified atom stereocenters. The summed E-state index contributed by atoms with van der Waals surface area (Å²) in [5.41, 5.74) is 1.25. The summed E-state index contributed by atoms with van der Waals surface area (Å²) in [5.74, 6) is -0.415. The van der Waals surface area contributed by atoms with E-state index in [1.165, 1.54) is 0 Å². The van der Waals surface area contributed by atoms with Gasteiger partial charge in [-0.25, -0.2) is 0 Å². The molecule has 18 heavy (non-hydrogen) atoms. The van der Waals surface area contributed by atoms with Gasteiger partial charge in [-0.2, -0.15) is 0 Å². The van der Waals surface area contributed by atoms with Gasteiger partial charge >= 0.3 is 5.97 Å². The Morgan fingerprint density at radius 3 is 2.67 bits per heavy atom. The van der Waals surface area contributed by atoms with Crippen LogP contribution < -0.4 is 5.32 Å². The van der Waals surface area contributed by atoms with Crippen molar-refractivity contribution in [1.29, 1.82) is 0 Å². The van der Waals surface area contributed by atoms with Crippen LogP contribution in [0.15, 0.2) is 24.3 Å². The van der Waals surface area contributed by atoms with Crippen molar-refractivity contribution in [2.24, 2.45) is 11.8 Å². The van der Waals surface area contributed by atoms with Crippen LogP contribution in [-0.2, 0) is 16.0 Å². The second-order valence-corrected chi connectivity index (χ2v) is 4.84. The maximum atomic E-state index is 12.0. The number of carboxylic acid groups (broad SMARTS) is 1. The number of carboxylic acids is 1. The van der Waals surface area contributed by atoms with E-state index < -0.39 is 5.97 Å². The van der Waals surface area contributed by atoms with Crippen LogP contribution in [0.2, 0.25) is 0 Å². The number of aliphatic carboxylic acids is 1. The Labute approximate surface area is 106 Å². The fourth-order valence-electron chi connectivity index (χ4n) is 2.02. The van der Waals surface area contributed by atoms with Crippen molar-refractivity contribution in [2.45, 2.75) is 26.2 Å². The summed E-state index contributed by atoms with van der Waals surface area (Å²) >= 11 is 0. The van der Waals surface area contributed by atoms with Gasteiger partial charge in [0.05, 0.1) is 6.42 Å². The standard InChI is InChI=1S/C14H17NO3/c1-9(10-6-7-10)14(18)15-12-5-3-2-4-11(12)8-13(16)17/h2-5,9-10H,6-8H2,1H3,(H,15,18)(H,16,17). The molecular formula is C14H17NO3. The van der Waals surface area contributed by atoms with E-state index in [0.29, 0.717) is 17.2 Å². The van der Waals surface area contributed by atoms with E-state index in [1.54, 1.807) is 24.3 Å². The number of anilines is 1. The number of carbonyl (C=O) groups excluding carboxylic acids is 1. The first-order chi connectivity index (χ1) is 8.58. The molecule has 2 rings (SSSR count). The van der Waals surface area contributed by atoms with E-state index in [1.807, 2.05) is 6.92 Å². The molecule has 0 radical (unpaired) electrons. The van der Waals surface area contributed by atoms with Crippen molar-refractivity contribution in [1.82, 2.24) is 0 Å². The first kappa shape index (κ1) is 12.6. The van der Waals surface area contributed by atoms with Gasteiger partial charge in [0.15, 0.2) is 0 Å². The van der Waals surface area contributed by atoms with Gasteiger partial charge in [-0.3, -0.25) is 9.59 Å². The van der Waals surface area contributed by atoms with Gasteiger partial charge in [-0.1, -0.05) is 25.1 Å². The zero-order valence-corrected chi connectivity index (χ0v) is 10.3. The number of hydrogen-bond acceptors (Lipinski definition) is 2. The van der Waals surface area contributed by atoms with Crippen LogP contribution >= 0.6 is 0 Å². The second-order valence-electron chi connectivity index (χ2n) is 4.84. The minimum absolute atomic E-state index is 0.00267. The molecule has 1 fully saturated rings. The zero-order valence-electron chi connectivity index (χ0n) is 10.3. The number of rotatable bonds is 5. The third kappa shape index (κ3) is 3.09. The van der Waals surface area contributed by atoms with Crippen LogP contribution in [0.3, 0.4) is 0 Å². The summed E-state index contributed by atoms with van der Waals surface area (Å²) in [6.45, 7) is 1.92. The maximum absolute atomic E-state index is 12.0. The zero-order chi connectivity index (χ0) is 13.1. The number of amides is 1. The highest BCUT2D eigenvalue weighted by Gasteiger charge is 2.32. The van der Waals surface area contributed by atoms with Crippen molar-refractivity contribution in [3.05, 3.63) is 29.8 Å². The van der Waals surface area contributed by atoms with E-state index in [4.69, 9.17) is 5.11 Å². The summed E-state index contributed by atoms with van der Waals surface area (Å²) in [4.78, 5) is 22.7. The van der Waals surface area contributed by atoms with E-state index in [9.17, 15) is 9.59 Å². The Morgan fingerprint density at radius 1 is 1.39 bits per heavy atom. The first-order valence-electron chi connectivity index (χ1n) is 6.18. The molecule has 0 aliphatic heterocycles. The third-order valence-electron chi connectivity index (χ3n) is 3.36. The highest BCUT2D eigenvalue weighted by atomic mass is 16.4. The molecule has 1 aromatic carbocycles. The summed E-state index contributed by atoms with van der Waals surface area (Å²) in [5, 5.41) is 11.7. The molecule has 1 amide bonds. The largest absolute Gasteiger partial charge is 0.481 e. The third-order valence-corrected chi connectivity index (χ3v) is 3.36. The maximum Gasteiger partial charge on any atom is 0.307 e. The Hall–Kier alpha value is -1.84. The van der Waals surface area contributed by atoms with Crippen LogP contribution in [0.4, 0.5) is 5.69 Å². The number of para-hydroxylation sites is 1. The average Bonchev–Trinajstić information content (AvgIpc) is 3.14. The lowest BCUT2D eigenvalue weighted by atomic mass is 10.0. The Kier molecular flexibility index (Phi) is 3.65. The molecule has 2 N–H and O–H groups in total. The molecule has 96 valence electrons. The Morgan fingerprint density at radius 2 is 2.06 bits per heavy atom. The van der Waals surface area contributed by atoms with Gasteiger partial charge < -0.3 is 10.4 Å². The molecule has 1 aromatic rings. The van der Waals surface area contributed by atoms with Gasteiger partial charge in [-0.05, 0) is 30.4 Å². The summed E-state index contributed by atoms with van der Waals surface area (Å²) in [6, 6.07) is 7.04. The van der Waals surface area contributed by atoms with Crippen molar-refractivity contribution in [3.8, 4) is 0 Å². The van der Waals surface area contributed by atoms with Gasteiger partial charge in [0.2, 0.25) is 5.91 Å². The summed E-state index contributed by atoms with van der Waals surface area (Å²) in [6.07, 6.45) is 2.16. The van der Waals surface area contributed by atoms with Crippen LogP contribution in [0, 0.1) is 11.8 Å². The van der Waals surface area contributed by atoms with E-state index in [0.717, 1.165) is 12.8 Å². The van der Waals surface area contributed by atoms with Crippen molar-refractivity contribution >= 4 is 17.6 Å². The highest BCUT2D eigenvalue weighted by molar-refractivity contribution is 5.94. The van der Waals surface area contributed by atoms with Gasteiger partial charge in [-0.15, -0.1) is 0 Å². The highest BCUT2D eigenvalue weighted by Crippen LogP contribution is 2.37. The van der Waals surface area contributed by atoms with Crippen LogP contribution in [0.1, 0.15) is 25.3 Å².